The first kappa shape index (κ1) is 12.5. The standard InChI is InChI=1S/C12H24N2O/c1-7(2)8(13)9(15)14-10-11(3,4)12(10,5)6/h7-8,10H,13H2,1-6H3,(H,14,15). The van der Waals surface area contributed by atoms with Crippen LogP contribution in [0, 0.1) is 16.7 Å². The number of amides is 1. The molecular weight excluding hydrogens is 188 g/mol. The Labute approximate surface area is 92.8 Å². The summed E-state index contributed by atoms with van der Waals surface area (Å²) in [7, 11) is 0. The molecule has 3 N–H and O–H groups in total. The highest BCUT2D eigenvalue weighted by atomic mass is 16.2. The number of rotatable bonds is 3. The Morgan fingerprint density at radius 1 is 1.20 bits per heavy atom. The van der Waals surface area contributed by atoms with Gasteiger partial charge in [0.25, 0.3) is 0 Å². The second-order valence-corrected chi connectivity index (χ2v) is 6.15. The van der Waals surface area contributed by atoms with Gasteiger partial charge >= 0.3 is 0 Å². The molecule has 1 amide bonds. The Hall–Kier alpha value is -0.570. The van der Waals surface area contributed by atoms with Crippen molar-refractivity contribution >= 4 is 5.91 Å². The molecule has 0 spiro atoms. The zero-order valence-corrected chi connectivity index (χ0v) is 10.7. The van der Waals surface area contributed by atoms with E-state index in [2.05, 4.69) is 33.0 Å². The van der Waals surface area contributed by atoms with Crippen molar-refractivity contribution in [2.45, 2.75) is 53.6 Å². The number of nitrogens with two attached hydrogens (primary N) is 1. The molecule has 88 valence electrons. The van der Waals surface area contributed by atoms with Crippen LogP contribution >= 0.6 is 0 Å². The third kappa shape index (κ3) is 1.89. The lowest BCUT2D eigenvalue weighted by Crippen LogP contribution is -2.46. The highest BCUT2D eigenvalue weighted by Crippen LogP contribution is 2.62. The molecule has 1 unspecified atom stereocenters. The van der Waals surface area contributed by atoms with Crippen molar-refractivity contribution < 1.29 is 4.79 Å². The molecule has 0 aromatic heterocycles. The Balaban J connectivity index is 2.56. The van der Waals surface area contributed by atoms with E-state index in [0.29, 0.717) is 0 Å². The summed E-state index contributed by atoms with van der Waals surface area (Å²) >= 11 is 0. The second kappa shape index (κ2) is 3.48. The molecule has 1 saturated carbocycles. The highest BCUT2D eigenvalue weighted by Gasteiger charge is 2.65. The average Bonchev–Trinajstić information content (AvgIpc) is 2.46. The van der Waals surface area contributed by atoms with Crippen molar-refractivity contribution in [1.82, 2.24) is 5.32 Å². The molecule has 1 fully saturated rings. The SMILES string of the molecule is CC(C)C(N)C(=O)NC1C(C)(C)C1(C)C. The fourth-order valence-electron chi connectivity index (χ4n) is 2.10. The van der Waals surface area contributed by atoms with Crippen LogP contribution in [0.2, 0.25) is 0 Å². The van der Waals surface area contributed by atoms with Gasteiger partial charge in [-0.05, 0) is 16.7 Å². The van der Waals surface area contributed by atoms with Crippen LogP contribution < -0.4 is 11.1 Å². The molecule has 0 aromatic carbocycles. The van der Waals surface area contributed by atoms with E-state index >= 15 is 0 Å². The zero-order chi connectivity index (χ0) is 12.0. The van der Waals surface area contributed by atoms with Crippen LogP contribution in [-0.2, 0) is 4.79 Å². The lowest BCUT2D eigenvalue weighted by atomic mass is 10.0. The molecule has 0 heterocycles. The van der Waals surface area contributed by atoms with Gasteiger partial charge < -0.3 is 11.1 Å². The van der Waals surface area contributed by atoms with Crippen molar-refractivity contribution in [2.75, 3.05) is 0 Å². The molecule has 3 nitrogen and oxygen atoms in total. The predicted molar refractivity (Wildman–Crippen MR) is 62.3 cm³/mol. The molecule has 1 rings (SSSR count). The van der Waals surface area contributed by atoms with Crippen molar-refractivity contribution in [3.05, 3.63) is 0 Å². The number of carbonyl (C=O) groups is 1. The molecular formula is C12H24N2O. The van der Waals surface area contributed by atoms with E-state index in [4.69, 9.17) is 5.73 Å². The van der Waals surface area contributed by atoms with Gasteiger partial charge in [0.2, 0.25) is 5.91 Å². The Kier molecular flexibility index (Phi) is 2.90. The van der Waals surface area contributed by atoms with E-state index < -0.39 is 6.04 Å². The van der Waals surface area contributed by atoms with E-state index in [1.165, 1.54) is 0 Å². The Bertz CT molecular complexity index is 255. The van der Waals surface area contributed by atoms with Crippen LogP contribution in [0.1, 0.15) is 41.5 Å². The van der Waals surface area contributed by atoms with E-state index in [1.807, 2.05) is 13.8 Å². The van der Waals surface area contributed by atoms with Crippen LogP contribution in [-0.4, -0.2) is 18.0 Å². The molecule has 3 heteroatoms. The van der Waals surface area contributed by atoms with E-state index in [9.17, 15) is 4.79 Å². The summed E-state index contributed by atoms with van der Waals surface area (Å²) in [6, 6.07) is -0.139. The van der Waals surface area contributed by atoms with Gasteiger partial charge in [-0.1, -0.05) is 41.5 Å². The van der Waals surface area contributed by atoms with E-state index in [-0.39, 0.29) is 28.7 Å². The smallest absolute Gasteiger partial charge is 0.237 e. The molecule has 0 saturated heterocycles. The van der Waals surface area contributed by atoms with Crippen LogP contribution in [0.25, 0.3) is 0 Å². The fraction of sp³-hybridized carbons (Fsp3) is 0.917. The van der Waals surface area contributed by atoms with Crippen LogP contribution in [0.3, 0.4) is 0 Å². The predicted octanol–water partition coefficient (Wildman–Crippen LogP) is 1.52. The van der Waals surface area contributed by atoms with Gasteiger partial charge in [-0.3, -0.25) is 4.79 Å². The first-order valence-electron chi connectivity index (χ1n) is 5.68. The lowest BCUT2D eigenvalue weighted by Gasteiger charge is -2.16. The quantitative estimate of drug-likeness (QED) is 0.745. The first-order chi connectivity index (χ1) is 6.62. The minimum Gasteiger partial charge on any atom is -0.351 e. The molecule has 0 radical (unpaired) electrons. The third-order valence-corrected chi connectivity index (χ3v) is 4.33. The number of hydrogen-bond donors (Lipinski definition) is 2. The molecule has 15 heavy (non-hydrogen) atoms. The van der Waals surface area contributed by atoms with Crippen molar-refractivity contribution in [3.8, 4) is 0 Å². The summed E-state index contributed by atoms with van der Waals surface area (Å²) in [5.41, 5.74) is 6.16. The summed E-state index contributed by atoms with van der Waals surface area (Å²) in [5.74, 6) is 0.170. The fourth-order valence-corrected chi connectivity index (χ4v) is 2.10. The van der Waals surface area contributed by atoms with Gasteiger partial charge in [0.1, 0.15) is 0 Å². The number of carbonyl (C=O) groups excluding carboxylic acids is 1. The van der Waals surface area contributed by atoms with Crippen LogP contribution in [0.5, 0.6) is 0 Å². The number of nitrogens with one attached hydrogen (secondary N) is 1. The average molecular weight is 212 g/mol. The molecule has 0 aliphatic heterocycles. The summed E-state index contributed by atoms with van der Waals surface area (Å²) in [4.78, 5) is 11.8. The number of hydrogen-bond acceptors (Lipinski definition) is 2. The van der Waals surface area contributed by atoms with Crippen LogP contribution in [0.15, 0.2) is 0 Å². The minimum absolute atomic E-state index is 0.0198. The van der Waals surface area contributed by atoms with Gasteiger partial charge in [-0.15, -0.1) is 0 Å². The van der Waals surface area contributed by atoms with Crippen molar-refractivity contribution in [1.29, 1.82) is 0 Å². The van der Waals surface area contributed by atoms with Crippen LogP contribution in [0.4, 0.5) is 0 Å². The van der Waals surface area contributed by atoms with E-state index in [0.717, 1.165) is 0 Å². The summed E-state index contributed by atoms with van der Waals surface area (Å²) in [6.07, 6.45) is 0. The third-order valence-electron chi connectivity index (χ3n) is 4.33. The van der Waals surface area contributed by atoms with Crippen molar-refractivity contribution in [3.63, 3.8) is 0 Å². The maximum absolute atomic E-state index is 11.8. The summed E-state index contributed by atoms with van der Waals surface area (Å²) < 4.78 is 0. The molecule has 0 bridgehead atoms. The maximum Gasteiger partial charge on any atom is 0.237 e. The molecule has 0 aromatic rings. The second-order valence-electron chi connectivity index (χ2n) is 6.15. The first-order valence-corrected chi connectivity index (χ1v) is 5.68. The van der Waals surface area contributed by atoms with Gasteiger partial charge in [-0.2, -0.15) is 0 Å². The Morgan fingerprint density at radius 2 is 1.60 bits per heavy atom. The largest absolute Gasteiger partial charge is 0.351 e. The van der Waals surface area contributed by atoms with E-state index in [1.54, 1.807) is 0 Å². The van der Waals surface area contributed by atoms with Gasteiger partial charge in [0.05, 0.1) is 6.04 Å². The normalized spacial score (nSPS) is 25.1. The van der Waals surface area contributed by atoms with Gasteiger partial charge in [0.15, 0.2) is 0 Å². The summed E-state index contributed by atoms with van der Waals surface area (Å²) in [5, 5.41) is 3.05. The Morgan fingerprint density at radius 3 is 1.87 bits per heavy atom. The molecule has 1 atom stereocenters. The van der Waals surface area contributed by atoms with Gasteiger partial charge in [-0.25, -0.2) is 0 Å². The topological polar surface area (TPSA) is 55.1 Å². The minimum atomic E-state index is -0.391. The van der Waals surface area contributed by atoms with Gasteiger partial charge in [0, 0.05) is 6.04 Å². The zero-order valence-electron chi connectivity index (χ0n) is 10.7. The van der Waals surface area contributed by atoms with Crippen molar-refractivity contribution in [2.24, 2.45) is 22.5 Å². The highest BCUT2D eigenvalue weighted by molar-refractivity contribution is 5.82. The monoisotopic (exact) mass is 212 g/mol. The molecule has 1 aliphatic rings. The molecule has 1 aliphatic carbocycles. The lowest BCUT2D eigenvalue weighted by molar-refractivity contribution is -0.123. The maximum atomic E-state index is 11.8. The summed E-state index contributed by atoms with van der Waals surface area (Å²) in [6.45, 7) is 12.6.